The number of oxime groups is 1. The summed E-state index contributed by atoms with van der Waals surface area (Å²) in [6.07, 6.45) is 3.85. The van der Waals surface area contributed by atoms with Crippen LogP contribution in [0, 0.1) is 6.92 Å². The first-order chi connectivity index (χ1) is 16.8. The van der Waals surface area contributed by atoms with Gasteiger partial charge in [0.05, 0.1) is 0 Å². The van der Waals surface area contributed by atoms with Crippen molar-refractivity contribution in [3.05, 3.63) is 40.7 Å². The molecule has 4 N–H and O–H groups in total. The first-order valence-electron chi connectivity index (χ1n) is 10.1. The van der Waals surface area contributed by atoms with Crippen molar-refractivity contribution in [1.82, 2.24) is 24.0 Å². The van der Waals surface area contributed by atoms with Gasteiger partial charge in [-0.3, -0.25) is 14.5 Å². The minimum atomic E-state index is -1.19. The molecule has 3 aromatic heterocycles. The maximum absolute atomic E-state index is 13.0. The van der Waals surface area contributed by atoms with Crippen molar-refractivity contribution in [3.8, 4) is 0 Å². The number of nitrogens with zero attached hydrogens (tertiary/aromatic N) is 6. The van der Waals surface area contributed by atoms with Crippen molar-refractivity contribution in [2.75, 3.05) is 18.6 Å². The highest BCUT2D eigenvalue weighted by Gasteiger charge is 2.54. The van der Waals surface area contributed by atoms with Gasteiger partial charge in [-0.25, -0.2) is 9.36 Å². The molecule has 0 aromatic carbocycles. The van der Waals surface area contributed by atoms with Gasteiger partial charge in [0.15, 0.2) is 5.13 Å². The number of hydrogen-bond acceptors (Lipinski definition) is 11. The van der Waals surface area contributed by atoms with Crippen LogP contribution in [-0.2, 0) is 25.8 Å². The summed E-state index contributed by atoms with van der Waals surface area (Å²) in [5.74, 6) is -2.08. The van der Waals surface area contributed by atoms with Crippen molar-refractivity contribution in [2.24, 2.45) is 5.16 Å². The molecular formula is C19H19N8O5S3+. The average molecular weight is 536 g/mol. The second kappa shape index (κ2) is 8.94. The van der Waals surface area contributed by atoms with Crippen LogP contribution in [0.1, 0.15) is 11.5 Å². The number of thiazole rings is 1. The van der Waals surface area contributed by atoms with Gasteiger partial charge in [-0.05, 0) is 6.92 Å². The lowest BCUT2D eigenvalue weighted by Gasteiger charge is -2.49. The molecule has 0 saturated carbocycles. The number of anilines is 1. The van der Waals surface area contributed by atoms with E-state index in [9.17, 15) is 19.5 Å². The molecule has 182 valence electrons. The molecule has 0 aliphatic carbocycles. The average Bonchev–Trinajstić information content (AvgIpc) is 3.52. The Balaban J connectivity index is 1.36. The summed E-state index contributed by atoms with van der Waals surface area (Å²) in [7, 11) is 1.26. The van der Waals surface area contributed by atoms with Crippen LogP contribution in [0.3, 0.4) is 0 Å². The number of aromatic nitrogens is 4. The Morgan fingerprint density at radius 2 is 2.26 bits per heavy atom. The topological polar surface area (TPSA) is 168 Å². The Bertz CT molecular complexity index is 1420. The molecule has 1 saturated heterocycles. The van der Waals surface area contributed by atoms with Crippen LogP contribution in [0.2, 0.25) is 0 Å². The van der Waals surface area contributed by atoms with Gasteiger partial charge >= 0.3 is 5.97 Å². The molecule has 0 bridgehead atoms. The van der Waals surface area contributed by atoms with E-state index in [-0.39, 0.29) is 22.4 Å². The van der Waals surface area contributed by atoms with E-state index in [1.807, 2.05) is 33.8 Å². The van der Waals surface area contributed by atoms with Crippen LogP contribution in [-0.4, -0.2) is 71.5 Å². The minimum absolute atomic E-state index is 0.0279. The second-order valence-electron chi connectivity index (χ2n) is 7.70. The molecule has 0 radical (unpaired) electrons. The molecule has 0 unspecified atom stereocenters. The number of hydrogen-bond donors (Lipinski definition) is 3. The molecule has 35 heavy (non-hydrogen) atoms. The van der Waals surface area contributed by atoms with Crippen molar-refractivity contribution >= 4 is 68.1 Å². The van der Waals surface area contributed by atoms with E-state index in [0.29, 0.717) is 17.9 Å². The molecule has 2 aliphatic heterocycles. The smallest absolute Gasteiger partial charge is 0.352 e. The molecule has 0 spiro atoms. The van der Waals surface area contributed by atoms with Crippen LogP contribution in [0.25, 0.3) is 4.83 Å². The third-order valence-corrected chi connectivity index (χ3v) is 8.35. The lowest BCUT2D eigenvalue weighted by Crippen LogP contribution is -2.71. The summed E-state index contributed by atoms with van der Waals surface area (Å²) < 4.78 is 7.88. The van der Waals surface area contributed by atoms with Crippen molar-refractivity contribution < 1.29 is 28.9 Å². The summed E-state index contributed by atoms with van der Waals surface area (Å²) in [4.78, 5) is 48.9. The van der Waals surface area contributed by atoms with E-state index in [2.05, 4.69) is 19.8 Å². The first kappa shape index (κ1) is 23.3. The number of carboxylic acids is 1. The van der Waals surface area contributed by atoms with Crippen molar-refractivity contribution in [3.63, 3.8) is 0 Å². The van der Waals surface area contributed by atoms with E-state index >= 15 is 0 Å². The first-order valence-corrected chi connectivity index (χ1v) is 12.9. The number of thioether (sulfide) groups is 1. The van der Waals surface area contributed by atoms with Gasteiger partial charge in [-0.15, -0.1) is 11.8 Å². The number of fused-ring (bicyclic) bond motifs is 2. The van der Waals surface area contributed by atoms with Crippen LogP contribution < -0.4 is 15.6 Å². The van der Waals surface area contributed by atoms with Gasteiger partial charge in [0.2, 0.25) is 22.7 Å². The van der Waals surface area contributed by atoms with Gasteiger partial charge in [0.1, 0.15) is 42.7 Å². The Hall–Kier alpha value is -3.50. The van der Waals surface area contributed by atoms with E-state index in [4.69, 9.17) is 10.6 Å². The lowest BCUT2D eigenvalue weighted by molar-refractivity contribution is -0.687. The maximum atomic E-state index is 13.0. The third kappa shape index (κ3) is 4.02. The molecular weight excluding hydrogens is 516 g/mol. The van der Waals surface area contributed by atoms with Crippen molar-refractivity contribution in [2.45, 2.75) is 24.9 Å². The number of nitrogens with two attached hydrogens (primary N) is 1. The highest BCUT2D eigenvalue weighted by atomic mass is 32.2. The van der Waals surface area contributed by atoms with Crippen LogP contribution in [0.15, 0.2) is 34.3 Å². The number of carboxylic acid groups (broad SMARTS) is 1. The van der Waals surface area contributed by atoms with Gasteiger partial charge < -0.3 is 21.0 Å². The molecule has 2 atom stereocenters. The predicted octanol–water partition coefficient (Wildman–Crippen LogP) is -0.180. The number of nitrogens with one attached hydrogen (secondary N) is 1. The maximum Gasteiger partial charge on any atom is 0.352 e. The van der Waals surface area contributed by atoms with Crippen LogP contribution in [0.5, 0.6) is 0 Å². The summed E-state index contributed by atoms with van der Waals surface area (Å²) in [6, 6.07) is -0.934. The highest BCUT2D eigenvalue weighted by molar-refractivity contribution is 8.00. The lowest BCUT2D eigenvalue weighted by atomic mass is 10.0. The summed E-state index contributed by atoms with van der Waals surface area (Å²) in [6.45, 7) is 2.32. The number of β-lactam (4-membered cyclic amide) rings is 1. The fourth-order valence-corrected chi connectivity index (χ4v) is 6.60. The number of nitrogen functional groups attached to an aromatic ring is 1. The number of carbonyl (C=O) groups excluding carboxylic acids is 2. The Kier molecular flexibility index (Phi) is 5.94. The SMILES string of the molecule is CO/N=C(\C(=O)N[C@@H]1C(=O)N2C(C(=O)O)=C(C[n+]3cc4scc(C)n4c3)CS[C@H]12)c1nsc(N)n1. The zero-order valence-electron chi connectivity index (χ0n) is 18.4. The molecule has 13 nitrogen and oxygen atoms in total. The minimum Gasteiger partial charge on any atom is -0.477 e. The van der Waals surface area contributed by atoms with Crippen LogP contribution in [0.4, 0.5) is 5.13 Å². The molecule has 5 rings (SSSR count). The van der Waals surface area contributed by atoms with Crippen LogP contribution >= 0.6 is 34.6 Å². The molecule has 2 aliphatic rings. The van der Waals surface area contributed by atoms with Gasteiger partial charge in [0.25, 0.3) is 11.8 Å². The number of rotatable bonds is 7. The number of amides is 2. The predicted molar refractivity (Wildman–Crippen MR) is 128 cm³/mol. The summed E-state index contributed by atoms with van der Waals surface area (Å²) in [5, 5.41) is 17.8. The molecule has 3 aromatic rings. The van der Waals surface area contributed by atoms with Gasteiger partial charge in [-0.2, -0.15) is 13.8 Å². The van der Waals surface area contributed by atoms with Crippen molar-refractivity contribution in [1.29, 1.82) is 0 Å². The quantitative estimate of drug-likeness (QED) is 0.161. The van der Waals surface area contributed by atoms with Gasteiger partial charge in [0, 0.05) is 28.2 Å². The fourth-order valence-electron chi connectivity index (χ4n) is 3.92. The summed E-state index contributed by atoms with van der Waals surface area (Å²) >= 11 is 3.86. The number of imidazole rings is 1. The second-order valence-corrected chi connectivity index (χ2v) is 10.5. The fraction of sp³-hybridized carbons (Fsp3) is 0.316. The molecule has 2 amide bonds. The largest absolute Gasteiger partial charge is 0.477 e. The number of aliphatic carboxylic acids is 1. The zero-order valence-corrected chi connectivity index (χ0v) is 20.8. The molecule has 1 fully saturated rings. The van der Waals surface area contributed by atoms with E-state index in [1.54, 1.807) is 11.3 Å². The Morgan fingerprint density at radius 1 is 1.46 bits per heavy atom. The zero-order chi connectivity index (χ0) is 24.9. The van der Waals surface area contributed by atoms with E-state index < -0.39 is 29.2 Å². The Morgan fingerprint density at radius 3 is 2.91 bits per heavy atom. The standard InChI is InChI=1S/C19H18N8O5S3/c1-8-5-33-10-4-25(7-26(8)10)3-9-6-34-17-12(16(29)27(17)13(9)18(30)31)21-15(28)11(23-32-2)14-22-19(20)35-24-14/h4-5,7,12,17H,3,6H2,1-2H3,(H3-,20,21,22,24,28,30,31)/p+1/b23-11-/t12-,17-/m1/s1. The molecule has 16 heteroatoms. The number of carbonyl (C=O) groups is 3. The van der Waals surface area contributed by atoms with E-state index in [0.717, 1.165) is 22.1 Å². The summed E-state index contributed by atoms with van der Waals surface area (Å²) in [5.41, 5.74) is 6.99. The normalized spacial score (nSPS) is 20.1. The van der Waals surface area contributed by atoms with E-state index in [1.165, 1.54) is 23.8 Å². The van der Waals surface area contributed by atoms with Gasteiger partial charge in [-0.1, -0.05) is 16.5 Å². The molecule has 5 heterocycles. The number of aryl methyl sites for hydroxylation is 1. The monoisotopic (exact) mass is 535 g/mol. The third-order valence-electron chi connectivity index (χ3n) is 5.47. The highest BCUT2D eigenvalue weighted by Crippen LogP contribution is 2.40. The Labute approximate surface area is 210 Å².